The van der Waals surface area contributed by atoms with Crippen LogP contribution in [-0.4, -0.2) is 38.9 Å². The number of nitrogens with one attached hydrogen (secondary N) is 1. The van der Waals surface area contributed by atoms with Crippen molar-refractivity contribution in [2.45, 2.75) is 46.0 Å². The lowest BCUT2D eigenvalue weighted by molar-refractivity contribution is 0.0512. The zero-order valence-electron chi connectivity index (χ0n) is 16.6. The van der Waals surface area contributed by atoms with Gasteiger partial charge in [0, 0.05) is 17.0 Å². The van der Waals surface area contributed by atoms with Crippen molar-refractivity contribution in [3.8, 4) is 11.3 Å². The van der Waals surface area contributed by atoms with Crippen LogP contribution in [0, 0.1) is 6.92 Å². The molecule has 1 aliphatic rings. The van der Waals surface area contributed by atoms with Crippen molar-refractivity contribution < 1.29 is 18.8 Å². The lowest BCUT2D eigenvalue weighted by Crippen LogP contribution is -2.15. The van der Waals surface area contributed by atoms with Crippen LogP contribution < -0.4 is 0 Å². The maximum atomic E-state index is 13.6. The number of benzene rings is 1. The lowest BCUT2D eigenvalue weighted by atomic mass is 9.89. The van der Waals surface area contributed by atoms with Crippen LogP contribution in [-0.2, 0) is 11.2 Å². The molecule has 3 aromatic rings. The standard InChI is InChI=1S/C21H22N4O4/c1-4-13-11(3)14(16-10-22-25-23-16)8-9-15(13)19(26)17-18(21(27)28-5-2)24-29-20(17)12-6-7-12/h8-10,12H,4-7H2,1-3H3,(H,22,23,25). The molecule has 0 saturated heterocycles. The van der Waals surface area contributed by atoms with E-state index >= 15 is 0 Å². The summed E-state index contributed by atoms with van der Waals surface area (Å²) in [5.41, 5.74) is 4.20. The first-order valence-corrected chi connectivity index (χ1v) is 9.76. The van der Waals surface area contributed by atoms with Crippen molar-refractivity contribution in [2.75, 3.05) is 6.61 Å². The van der Waals surface area contributed by atoms with E-state index in [-0.39, 0.29) is 29.6 Å². The van der Waals surface area contributed by atoms with Gasteiger partial charge >= 0.3 is 5.97 Å². The highest BCUT2D eigenvalue weighted by atomic mass is 16.5. The number of hydrogen-bond acceptors (Lipinski definition) is 7. The van der Waals surface area contributed by atoms with Gasteiger partial charge in [-0.3, -0.25) is 4.79 Å². The molecule has 0 bridgehead atoms. The number of esters is 1. The second kappa shape index (κ2) is 7.62. The first-order chi connectivity index (χ1) is 14.1. The molecular formula is C21H22N4O4. The summed E-state index contributed by atoms with van der Waals surface area (Å²) >= 11 is 0. The fourth-order valence-electron chi connectivity index (χ4n) is 3.65. The molecule has 1 fully saturated rings. The molecule has 0 atom stereocenters. The predicted octanol–water partition coefficient (Wildman–Crippen LogP) is 3.62. The Kier molecular flexibility index (Phi) is 5.00. The van der Waals surface area contributed by atoms with E-state index in [1.54, 1.807) is 19.2 Å². The van der Waals surface area contributed by atoms with E-state index in [1.807, 2.05) is 19.9 Å². The van der Waals surface area contributed by atoms with E-state index in [1.165, 1.54) is 0 Å². The topological polar surface area (TPSA) is 111 Å². The molecule has 1 saturated carbocycles. The lowest BCUT2D eigenvalue weighted by Gasteiger charge is -2.14. The third-order valence-electron chi connectivity index (χ3n) is 5.25. The Balaban J connectivity index is 1.82. The van der Waals surface area contributed by atoms with Crippen LogP contribution in [0.1, 0.15) is 75.9 Å². The van der Waals surface area contributed by atoms with Gasteiger partial charge in [-0.1, -0.05) is 24.2 Å². The third-order valence-corrected chi connectivity index (χ3v) is 5.25. The number of aromatic amines is 1. The largest absolute Gasteiger partial charge is 0.461 e. The van der Waals surface area contributed by atoms with Gasteiger partial charge in [-0.05, 0) is 44.2 Å². The van der Waals surface area contributed by atoms with E-state index in [9.17, 15) is 9.59 Å². The van der Waals surface area contributed by atoms with Crippen LogP contribution in [0.15, 0.2) is 22.9 Å². The van der Waals surface area contributed by atoms with Crippen molar-refractivity contribution >= 4 is 11.8 Å². The average molecular weight is 394 g/mol. The van der Waals surface area contributed by atoms with Crippen LogP contribution in [0.4, 0.5) is 0 Å². The summed E-state index contributed by atoms with van der Waals surface area (Å²) in [6.45, 7) is 5.86. The molecule has 8 heteroatoms. The molecule has 0 aliphatic heterocycles. The van der Waals surface area contributed by atoms with E-state index < -0.39 is 5.97 Å². The number of aromatic nitrogens is 4. The normalized spacial score (nSPS) is 13.5. The highest BCUT2D eigenvalue weighted by Crippen LogP contribution is 2.43. The second-order valence-corrected chi connectivity index (χ2v) is 7.07. The van der Waals surface area contributed by atoms with E-state index in [0.29, 0.717) is 23.4 Å². The summed E-state index contributed by atoms with van der Waals surface area (Å²) in [5.74, 6) is -0.285. The van der Waals surface area contributed by atoms with Crippen LogP contribution in [0.2, 0.25) is 0 Å². The van der Waals surface area contributed by atoms with Gasteiger partial charge in [0.1, 0.15) is 11.3 Å². The van der Waals surface area contributed by atoms with Gasteiger partial charge in [0.25, 0.3) is 0 Å². The number of ether oxygens (including phenoxy) is 1. The molecule has 1 aromatic carbocycles. The van der Waals surface area contributed by atoms with Gasteiger partial charge in [0.15, 0.2) is 11.5 Å². The third kappa shape index (κ3) is 3.35. The Bertz CT molecular complexity index is 1060. The number of rotatable bonds is 7. The highest BCUT2D eigenvalue weighted by Gasteiger charge is 2.38. The quantitative estimate of drug-likeness (QED) is 0.481. The molecule has 0 spiro atoms. The average Bonchev–Trinajstić information content (AvgIpc) is 3.24. The van der Waals surface area contributed by atoms with Gasteiger partial charge in [-0.2, -0.15) is 15.4 Å². The van der Waals surface area contributed by atoms with Gasteiger partial charge in [0.05, 0.1) is 12.8 Å². The molecule has 8 nitrogen and oxygen atoms in total. The minimum atomic E-state index is -0.638. The number of carbonyl (C=O) groups excluding carboxylic acids is 2. The SMILES string of the molecule is CCOC(=O)c1noc(C2CC2)c1C(=O)c1ccc(-c2cn[nH]n2)c(C)c1CC. The van der Waals surface area contributed by atoms with Crippen molar-refractivity contribution in [3.63, 3.8) is 0 Å². The van der Waals surface area contributed by atoms with Crippen molar-refractivity contribution in [2.24, 2.45) is 0 Å². The van der Waals surface area contributed by atoms with Crippen molar-refractivity contribution in [1.29, 1.82) is 0 Å². The molecule has 29 heavy (non-hydrogen) atoms. The van der Waals surface area contributed by atoms with Crippen LogP contribution >= 0.6 is 0 Å². The Labute approximate surface area is 167 Å². The van der Waals surface area contributed by atoms with Gasteiger partial charge < -0.3 is 9.26 Å². The van der Waals surface area contributed by atoms with E-state index in [2.05, 4.69) is 20.6 Å². The van der Waals surface area contributed by atoms with E-state index in [4.69, 9.17) is 9.26 Å². The monoisotopic (exact) mass is 394 g/mol. The molecule has 2 aromatic heterocycles. The number of ketones is 1. The smallest absolute Gasteiger partial charge is 0.361 e. The minimum absolute atomic E-state index is 0.0426. The van der Waals surface area contributed by atoms with Gasteiger partial charge in [-0.25, -0.2) is 4.79 Å². The zero-order chi connectivity index (χ0) is 20.5. The molecule has 0 amide bonds. The van der Waals surface area contributed by atoms with Crippen molar-refractivity contribution in [3.05, 3.63) is 52.0 Å². The van der Waals surface area contributed by atoms with Crippen LogP contribution in [0.5, 0.6) is 0 Å². The molecule has 0 radical (unpaired) electrons. The maximum Gasteiger partial charge on any atom is 0.361 e. The Morgan fingerprint density at radius 3 is 2.69 bits per heavy atom. The number of hydrogen-bond donors (Lipinski definition) is 1. The zero-order valence-corrected chi connectivity index (χ0v) is 16.6. The Morgan fingerprint density at radius 1 is 1.28 bits per heavy atom. The first-order valence-electron chi connectivity index (χ1n) is 9.76. The molecule has 0 unspecified atom stereocenters. The fourth-order valence-corrected chi connectivity index (χ4v) is 3.65. The summed E-state index contributed by atoms with van der Waals surface area (Å²) in [5, 5.41) is 14.5. The number of carbonyl (C=O) groups is 2. The van der Waals surface area contributed by atoms with E-state index in [0.717, 1.165) is 29.5 Å². The summed E-state index contributed by atoms with van der Waals surface area (Å²) in [7, 11) is 0. The van der Waals surface area contributed by atoms with Gasteiger partial charge in [-0.15, -0.1) is 0 Å². The summed E-state index contributed by atoms with van der Waals surface area (Å²) in [4.78, 5) is 26.0. The Hall–Kier alpha value is -3.29. The molecule has 1 N–H and O–H groups in total. The summed E-state index contributed by atoms with van der Waals surface area (Å²) in [6, 6.07) is 3.63. The summed E-state index contributed by atoms with van der Waals surface area (Å²) in [6.07, 6.45) is 4.13. The summed E-state index contributed by atoms with van der Waals surface area (Å²) < 4.78 is 10.5. The van der Waals surface area contributed by atoms with Crippen molar-refractivity contribution in [1.82, 2.24) is 20.6 Å². The van der Waals surface area contributed by atoms with Gasteiger partial charge in [0.2, 0.25) is 5.69 Å². The van der Waals surface area contributed by atoms with Crippen LogP contribution in [0.3, 0.4) is 0 Å². The number of H-pyrrole nitrogens is 1. The molecular weight excluding hydrogens is 372 g/mol. The molecule has 150 valence electrons. The first kappa shape index (κ1) is 19.0. The Morgan fingerprint density at radius 2 is 2.07 bits per heavy atom. The predicted molar refractivity (Wildman–Crippen MR) is 104 cm³/mol. The highest BCUT2D eigenvalue weighted by molar-refractivity contribution is 6.15. The van der Waals surface area contributed by atoms with Crippen LogP contribution in [0.25, 0.3) is 11.3 Å². The fraction of sp³-hybridized carbons (Fsp3) is 0.381. The molecule has 2 heterocycles. The maximum absolute atomic E-state index is 13.6. The second-order valence-electron chi connectivity index (χ2n) is 7.07. The minimum Gasteiger partial charge on any atom is -0.461 e. The molecule has 4 rings (SSSR count). The number of nitrogens with zero attached hydrogens (tertiary/aromatic N) is 3. The molecule has 1 aliphatic carbocycles.